The first kappa shape index (κ1) is 16.9. The summed E-state index contributed by atoms with van der Waals surface area (Å²) in [6.07, 6.45) is 3.54. The summed E-state index contributed by atoms with van der Waals surface area (Å²) in [4.78, 5) is 5.17. The number of nitrogens with one attached hydrogen (secondary N) is 1. The van der Waals surface area contributed by atoms with Crippen LogP contribution in [0.1, 0.15) is 30.0 Å². The number of benzene rings is 3. The summed E-state index contributed by atoms with van der Waals surface area (Å²) in [5, 5.41) is 6.29. The molecule has 1 unspecified atom stereocenters. The molecule has 1 radical (unpaired) electrons. The van der Waals surface area contributed by atoms with Gasteiger partial charge in [-0.1, -0.05) is 52.3 Å². The predicted molar refractivity (Wildman–Crippen MR) is 120 cm³/mol. The van der Waals surface area contributed by atoms with Crippen molar-refractivity contribution in [1.82, 2.24) is 4.90 Å². The Labute approximate surface area is 174 Å². The summed E-state index contributed by atoms with van der Waals surface area (Å²) in [6.45, 7) is 4.47. The van der Waals surface area contributed by atoms with Gasteiger partial charge in [-0.25, -0.2) is 0 Å². The molecule has 3 aromatic rings. The van der Waals surface area contributed by atoms with Gasteiger partial charge >= 0.3 is 0 Å². The molecule has 1 atom stereocenters. The largest absolute Gasteiger partial charge is 0.360 e. The van der Waals surface area contributed by atoms with Gasteiger partial charge in [-0.3, -0.25) is 4.90 Å². The van der Waals surface area contributed by atoms with Crippen LogP contribution in [0, 0.1) is 6.67 Å². The van der Waals surface area contributed by atoms with Gasteiger partial charge in [-0.15, -0.1) is 0 Å². The molecule has 0 aromatic heterocycles. The molecular formula is C24H23BrN3. The Kier molecular flexibility index (Phi) is 3.92. The summed E-state index contributed by atoms with van der Waals surface area (Å²) in [5.41, 5.74) is 5.56. The van der Waals surface area contributed by atoms with E-state index in [1.54, 1.807) is 0 Å². The fourth-order valence-electron chi connectivity index (χ4n) is 5.37. The van der Waals surface area contributed by atoms with Crippen molar-refractivity contribution in [3.05, 3.63) is 76.9 Å². The lowest BCUT2D eigenvalue weighted by Gasteiger charge is -2.40. The molecule has 3 nitrogen and oxygen atoms in total. The molecule has 1 aliphatic carbocycles. The Bertz CT molecular complexity index is 1050. The van der Waals surface area contributed by atoms with Crippen LogP contribution < -0.4 is 10.2 Å². The molecule has 3 aliphatic rings. The SMILES string of the molecule is Brc1ccc2cccc3c2c1CC3N1CCC(N2[CH]Nc3ccccc32)CC1. The number of piperidine rings is 1. The van der Waals surface area contributed by atoms with Crippen LogP contribution in [0.15, 0.2) is 59.1 Å². The molecule has 1 saturated heterocycles. The number of nitrogens with zero attached hydrogens (tertiary/aromatic N) is 2. The van der Waals surface area contributed by atoms with Gasteiger partial charge in [0.25, 0.3) is 0 Å². The number of hydrogen-bond donors (Lipinski definition) is 1. The molecule has 1 N–H and O–H groups in total. The highest BCUT2D eigenvalue weighted by molar-refractivity contribution is 9.10. The first-order valence-corrected chi connectivity index (χ1v) is 11.0. The quantitative estimate of drug-likeness (QED) is 0.558. The fraction of sp³-hybridized carbons (Fsp3) is 0.292. The highest BCUT2D eigenvalue weighted by Crippen LogP contribution is 2.44. The lowest BCUT2D eigenvalue weighted by atomic mass is 9.98. The maximum absolute atomic E-state index is 3.80. The molecule has 6 rings (SSSR count). The molecule has 2 heterocycles. The van der Waals surface area contributed by atoms with E-state index < -0.39 is 0 Å². The van der Waals surface area contributed by atoms with Gasteiger partial charge in [0, 0.05) is 29.6 Å². The van der Waals surface area contributed by atoms with E-state index in [2.05, 4.69) is 92.3 Å². The van der Waals surface area contributed by atoms with Crippen molar-refractivity contribution in [2.45, 2.75) is 31.3 Å². The van der Waals surface area contributed by atoms with Crippen LogP contribution in [0.5, 0.6) is 0 Å². The monoisotopic (exact) mass is 432 g/mol. The fourth-order valence-corrected chi connectivity index (χ4v) is 5.86. The van der Waals surface area contributed by atoms with E-state index >= 15 is 0 Å². The van der Waals surface area contributed by atoms with E-state index in [-0.39, 0.29) is 0 Å². The Morgan fingerprint density at radius 3 is 2.68 bits per heavy atom. The number of hydrogen-bond acceptors (Lipinski definition) is 3. The molecule has 28 heavy (non-hydrogen) atoms. The molecule has 1 fully saturated rings. The average molecular weight is 433 g/mol. The Morgan fingerprint density at radius 1 is 0.929 bits per heavy atom. The van der Waals surface area contributed by atoms with Crippen LogP contribution in [-0.2, 0) is 6.42 Å². The Morgan fingerprint density at radius 2 is 1.79 bits per heavy atom. The topological polar surface area (TPSA) is 18.5 Å². The van der Waals surface area contributed by atoms with Gasteiger partial charge < -0.3 is 10.2 Å². The minimum absolute atomic E-state index is 0.520. The van der Waals surface area contributed by atoms with Crippen molar-refractivity contribution < 1.29 is 0 Å². The first-order valence-electron chi connectivity index (χ1n) is 10.2. The highest BCUT2D eigenvalue weighted by atomic mass is 79.9. The van der Waals surface area contributed by atoms with Crippen LogP contribution >= 0.6 is 15.9 Å². The van der Waals surface area contributed by atoms with E-state index in [1.807, 2.05) is 0 Å². The van der Waals surface area contributed by atoms with Crippen LogP contribution in [0.25, 0.3) is 10.8 Å². The second-order valence-corrected chi connectivity index (χ2v) is 9.01. The summed E-state index contributed by atoms with van der Waals surface area (Å²) >= 11 is 3.80. The van der Waals surface area contributed by atoms with E-state index in [1.165, 1.54) is 50.6 Å². The zero-order chi connectivity index (χ0) is 18.7. The van der Waals surface area contributed by atoms with Crippen LogP contribution in [-0.4, -0.2) is 24.0 Å². The minimum atomic E-state index is 0.520. The van der Waals surface area contributed by atoms with E-state index in [4.69, 9.17) is 0 Å². The Balaban J connectivity index is 1.22. The molecule has 0 saturated carbocycles. The summed E-state index contributed by atoms with van der Waals surface area (Å²) in [5.74, 6) is 0. The second-order valence-electron chi connectivity index (χ2n) is 8.16. The standard InChI is InChI=1S/C24H23BrN3/c25-20-9-8-16-4-3-5-18-23(14-19(20)24(16)18)27-12-10-17(11-13-27)28-15-26-21-6-1-2-7-22(21)28/h1-9,15,17,23,26H,10-14H2. The number of fused-ring (bicyclic) bond motifs is 1. The summed E-state index contributed by atoms with van der Waals surface area (Å²) in [7, 11) is 0. The zero-order valence-corrected chi connectivity index (χ0v) is 17.3. The van der Waals surface area contributed by atoms with Gasteiger partial charge in [-0.2, -0.15) is 0 Å². The zero-order valence-electron chi connectivity index (χ0n) is 15.7. The van der Waals surface area contributed by atoms with Crippen molar-refractivity contribution in [2.75, 3.05) is 23.3 Å². The lowest BCUT2D eigenvalue weighted by molar-refractivity contribution is 0.155. The molecule has 0 amide bonds. The van der Waals surface area contributed by atoms with Gasteiger partial charge in [0.05, 0.1) is 11.4 Å². The lowest BCUT2D eigenvalue weighted by Crippen LogP contribution is -2.44. The third-order valence-corrected chi connectivity index (χ3v) is 7.50. The van der Waals surface area contributed by atoms with E-state index in [0.29, 0.717) is 12.1 Å². The normalized spacial score (nSPS) is 21.9. The Hall–Kier alpha value is -2.04. The van der Waals surface area contributed by atoms with Crippen molar-refractivity contribution in [3.63, 3.8) is 0 Å². The van der Waals surface area contributed by atoms with Crippen molar-refractivity contribution in [2.24, 2.45) is 0 Å². The average Bonchev–Trinajstić information content (AvgIpc) is 3.34. The van der Waals surface area contributed by atoms with Gasteiger partial charge in [-0.05, 0) is 59.4 Å². The third kappa shape index (κ3) is 2.51. The van der Waals surface area contributed by atoms with Crippen LogP contribution in [0.3, 0.4) is 0 Å². The third-order valence-electron chi connectivity index (χ3n) is 6.76. The molecule has 2 aliphatic heterocycles. The van der Waals surface area contributed by atoms with E-state index in [0.717, 1.165) is 19.5 Å². The molecule has 4 heteroatoms. The smallest absolute Gasteiger partial charge is 0.139 e. The summed E-state index contributed by atoms with van der Waals surface area (Å²) in [6, 6.07) is 21.0. The predicted octanol–water partition coefficient (Wildman–Crippen LogP) is 5.72. The highest BCUT2D eigenvalue weighted by Gasteiger charge is 2.35. The van der Waals surface area contributed by atoms with Crippen LogP contribution in [0.4, 0.5) is 11.4 Å². The summed E-state index contributed by atoms with van der Waals surface area (Å²) < 4.78 is 1.26. The molecule has 0 bridgehead atoms. The number of para-hydroxylation sites is 2. The van der Waals surface area contributed by atoms with Gasteiger partial charge in [0.15, 0.2) is 0 Å². The van der Waals surface area contributed by atoms with Gasteiger partial charge in [0.2, 0.25) is 0 Å². The van der Waals surface area contributed by atoms with E-state index in [9.17, 15) is 0 Å². The molecule has 141 valence electrons. The number of likely N-dealkylation sites (tertiary alicyclic amines) is 1. The minimum Gasteiger partial charge on any atom is -0.360 e. The number of rotatable bonds is 2. The van der Waals surface area contributed by atoms with Crippen LogP contribution in [0.2, 0.25) is 0 Å². The van der Waals surface area contributed by atoms with Crippen molar-refractivity contribution in [1.29, 1.82) is 0 Å². The van der Waals surface area contributed by atoms with Crippen molar-refractivity contribution >= 4 is 38.1 Å². The maximum Gasteiger partial charge on any atom is 0.139 e. The van der Waals surface area contributed by atoms with Crippen molar-refractivity contribution in [3.8, 4) is 0 Å². The first-order chi connectivity index (χ1) is 13.8. The number of halogens is 1. The molecule has 0 spiro atoms. The van der Waals surface area contributed by atoms with Gasteiger partial charge in [0.1, 0.15) is 6.67 Å². The second kappa shape index (κ2) is 6.50. The molecule has 3 aromatic carbocycles. The molecular weight excluding hydrogens is 410 g/mol. The number of anilines is 2. The maximum atomic E-state index is 3.80.